The number of hydrogen-bond donors (Lipinski definition) is 0. The maximum atomic E-state index is 6.27. The molecule has 0 amide bonds. The number of pyridine rings is 1. The number of hydrogen-bond acceptors (Lipinski definition) is 3. The summed E-state index contributed by atoms with van der Waals surface area (Å²) >= 11 is 6.27. The molecule has 0 spiro atoms. The number of halogens is 1. The van der Waals surface area contributed by atoms with Crippen LogP contribution in [0.2, 0.25) is 5.15 Å². The van der Waals surface area contributed by atoms with Gasteiger partial charge in [0.05, 0.1) is 19.7 Å². The number of rotatable bonds is 2. The minimum Gasteiger partial charge on any atom is -0.493 e. The number of methoxy groups -OCH3 is 2. The highest BCUT2D eigenvalue weighted by molar-refractivity contribution is 6.30. The van der Waals surface area contributed by atoms with Gasteiger partial charge >= 0.3 is 0 Å². The van der Waals surface area contributed by atoms with Gasteiger partial charge in [0.25, 0.3) is 0 Å². The van der Waals surface area contributed by atoms with Gasteiger partial charge in [-0.1, -0.05) is 32.4 Å². The smallest absolute Gasteiger partial charge is 0.162 e. The second-order valence-corrected chi connectivity index (χ2v) is 5.83. The lowest BCUT2D eigenvalue weighted by Gasteiger charge is -2.20. The molecule has 2 aromatic rings. The van der Waals surface area contributed by atoms with Crippen molar-refractivity contribution in [3.63, 3.8) is 0 Å². The second-order valence-electron chi connectivity index (χ2n) is 5.48. The zero-order chi connectivity index (χ0) is 14.2. The molecule has 0 unspecified atom stereocenters. The van der Waals surface area contributed by atoms with E-state index in [0.29, 0.717) is 16.7 Å². The molecule has 1 aromatic heterocycles. The lowest BCUT2D eigenvalue weighted by atomic mass is 9.87. The van der Waals surface area contributed by atoms with Crippen molar-refractivity contribution in [1.82, 2.24) is 4.98 Å². The van der Waals surface area contributed by atoms with Gasteiger partial charge in [-0.15, -0.1) is 0 Å². The molecule has 0 atom stereocenters. The number of aromatic nitrogens is 1. The van der Waals surface area contributed by atoms with Gasteiger partial charge < -0.3 is 9.47 Å². The average Bonchev–Trinajstić information content (AvgIpc) is 2.35. The Labute approximate surface area is 118 Å². The lowest BCUT2D eigenvalue weighted by Crippen LogP contribution is -2.12. The summed E-state index contributed by atoms with van der Waals surface area (Å²) in [5, 5.41) is 1.53. The van der Waals surface area contributed by atoms with Crippen molar-refractivity contribution in [2.45, 2.75) is 26.2 Å². The first-order valence-electron chi connectivity index (χ1n) is 6.09. The van der Waals surface area contributed by atoms with Gasteiger partial charge in [-0.25, -0.2) is 4.98 Å². The fourth-order valence-corrected chi connectivity index (χ4v) is 2.43. The highest BCUT2D eigenvalue weighted by Gasteiger charge is 2.19. The third kappa shape index (κ3) is 2.61. The Morgan fingerprint density at radius 2 is 1.58 bits per heavy atom. The molecule has 3 nitrogen and oxygen atoms in total. The normalized spacial score (nSPS) is 11.7. The van der Waals surface area contributed by atoms with Crippen molar-refractivity contribution >= 4 is 22.5 Å². The number of ether oxygens (including phenoxy) is 2. The van der Waals surface area contributed by atoms with Gasteiger partial charge in [0, 0.05) is 11.5 Å². The molecule has 19 heavy (non-hydrogen) atoms. The predicted octanol–water partition coefficient (Wildman–Crippen LogP) is 4.20. The molecule has 1 heterocycles. The molecule has 0 aliphatic carbocycles. The van der Waals surface area contributed by atoms with Crippen LogP contribution in [0.3, 0.4) is 0 Å². The average molecular weight is 280 g/mol. The summed E-state index contributed by atoms with van der Waals surface area (Å²) in [6.45, 7) is 6.34. The Morgan fingerprint density at radius 1 is 1.00 bits per heavy atom. The van der Waals surface area contributed by atoms with E-state index in [1.165, 1.54) is 0 Å². The van der Waals surface area contributed by atoms with E-state index >= 15 is 0 Å². The fourth-order valence-electron chi connectivity index (χ4n) is 2.00. The van der Waals surface area contributed by atoms with Gasteiger partial charge in [-0.3, -0.25) is 0 Å². The summed E-state index contributed by atoms with van der Waals surface area (Å²) < 4.78 is 10.6. The Morgan fingerprint density at radius 3 is 2.11 bits per heavy atom. The minimum atomic E-state index is -0.0502. The molecule has 0 saturated carbocycles. The van der Waals surface area contributed by atoms with E-state index in [0.717, 1.165) is 16.5 Å². The van der Waals surface area contributed by atoms with Crippen LogP contribution in [0.1, 0.15) is 26.3 Å². The molecule has 0 fully saturated rings. The van der Waals surface area contributed by atoms with Crippen LogP contribution in [-0.2, 0) is 5.41 Å². The van der Waals surface area contributed by atoms with Gasteiger partial charge in [-0.2, -0.15) is 0 Å². The van der Waals surface area contributed by atoms with E-state index in [1.807, 2.05) is 12.1 Å². The molecule has 2 rings (SSSR count). The summed E-state index contributed by atoms with van der Waals surface area (Å²) in [7, 11) is 3.23. The van der Waals surface area contributed by atoms with Crippen LogP contribution >= 0.6 is 11.6 Å². The largest absolute Gasteiger partial charge is 0.493 e. The summed E-state index contributed by atoms with van der Waals surface area (Å²) in [6, 6.07) is 5.83. The molecule has 102 valence electrons. The Hall–Kier alpha value is -1.48. The monoisotopic (exact) mass is 279 g/mol. The summed E-state index contributed by atoms with van der Waals surface area (Å²) in [4.78, 5) is 4.46. The van der Waals surface area contributed by atoms with Gasteiger partial charge in [0.15, 0.2) is 11.5 Å². The first-order chi connectivity index (χ1) is 8.86. The maximum Gasteiger partial charge on any atom is 0.162 e. The summed E-state index contributed by atoms with van der Waals surface area (Å²) in [5.41, 5.74) is 1.77. The fraction of sp³-hybridized carbons (Fsp3) is 0.400. The van der Waals surface area contributed by atoms with Gasteiger partial charge in [-0.05, 0) is 23.1 Å². The SMILES string of the molecule is COc1cc2cc(C(C)(C)C)c(Cl)nc2cc1OC. The summed E-state index contributed by atoms with van der Waals surface area (Å²) in [5.74, 6) is 1.35. The van der Waals surface area contributed by atoms with Crippen LogP contribution in [0.5, 0.6) is 11.5 Å². The molecular weight excluding hydrogens is 262 g/mol. The van der Waals surface area contributed by atoms with Crippen LogP contribution < -0.4 is 9.47 Å². The molecule has 0 aliphatic heterocycles. The molecule has 1 aromatic carbocycles. The van der Waals surface area contributed by atoms with Crippen LogP contribution in [0.25, 0.3) is 10.9 Å². The van der Waals surface area contributed by atoms with Gasteiger partial charge in [0.1, 0.15) is 5.15 Å². The molecular formula is C15H18ClNO2. The van der Waals surface area contributed by atoms with Crippen molar-refractivity contribution in [3.05, 3.63) is 28.9 Å². The van der Waals surface area contributed by atoms with E-state index in [1.54, 1.807) is 14.2 Å². The third-order valence-electron chi connectivity index (χ3n) is 3.08. The van der Waals surface area contributed by atoms with Crippen molar-refractivity contribution < 1.29 is 9.47 Å². The van der Waals surface area contributed by atoms with Crippen LogP contribution in [0.4, 0.5) is 0 Å². The van der Waals surface area contributed by atoms with E-state index in [2.05, 4.69) is 31.8 Å². The highest BCUT2D eigenvalue weighted by Crippen LogP contribution is 2.36. The first-order valence-corrected chi connectivity index (χ1v) is 6.47. The first kappa shape index (κ1) is 13.9. The van der Waals surface area contributed by atoms with Gasteiger partial charge in [0.2, 0.25) is 0 Å². The standard InChI is InChI=1S/C15H18ClNO2/c1-15(2,3)10-6-9-7-12(18-4)13(19-5)8-11(9)17-14(10)16/h6-8H,1-5H3. The van der Waals surface area contributed by atoms with Crippen LogP contribution in [0.15, 0.2) is 18.2 Å². The number of fused-ring (bicyclic) bond motifs is 1. The van der Waals surface area contributed by atoms with Crippen LogP contribution in [-0.4, -0.2) is 19.2 Å². The zero-order valence-electron chi connectivity index (χ0n) is 11.9. The minimum absolute atomic E-state index is 0.0502. The van der Waals surface area contributed by atoms with E-state index in [-0.39, 0.29) is 5.41 Å². The molecule has 0 N–H and O–H groups in total. The highest BCUT2D eigenvalue weighted by atomic mass is 35.5. The third-order valence-corrected chi connectivity index (χ3v) is 3.37. The van der Waals surface area contributed by atoms with Crippen LogP contribution in [0, 0.1) is 0 Å². The van der Waals surface area contributed by atoms with E-state index in [4.69, 9.17) is 21.1 Å². The topological polar surface area (TPSA) is 31.4 Å². The Bertz CT molecular complexity index is 618. The number of benzene rings is 1. The quantitative estimate of drug-likeness (QED) is 0.772. The lowest BCUT2D eigenvalue weighted by molar-refractivity contribution is 0.356. The molecule has 0 bridgehead atoms. The molecule has 0 saturated heterocycles. The Kier molecular flexibility index (Phi) is 3.59. The van der Waals surface area contributed by atoms with E-state index < -0.39 is 0 Å². The van der Waals surface area contributed by atoms with Crippen molar-refractivity contribution in [2.24, 2.45) is 0 Å². The molecule has 4 heteroatoms. The summed E-state index contributed by atoms with van der Waals surface area (Å²) in [6.07, 6.45) is 0. The Balaban J connectivity index is 2.72. The maximum absolute atomic E-state index is 6.27. The predicted molar refractivity (Wildman–Crippen MR) is 78.6 cm³/mol. The number of nitrogens with zero attached hydrogens (tertiary/aromatic N) is 1. The van der Waals surface area contributed by atoms with Crippen molar-refractivity contribution in [2.75, 3.05) is 14.2 Å². The van der Waals surface area contributed by atoms with Crippen molar-refractivity contribution in [1.29, 1.82) is 0 Å². The molecule has 0 aliphatic rings. The zero-order valence-corrected chi connectivity index (χ0v) is 12.6. The molecule has 0 radical (unpaired) electrons. The second kappa shape index (κ2) is 4.89. The van der Waals surface area contributed by atoms with E-state index in [9.17, 15) is 0 Å². The van der Waals surface area contributed by atoms with Crippen molar-refractivity contribution in [3.8, 4) is 11.5 Å².